The summed E-state index contributed by atoms with van der Waals surface area (Å²) < 4.78 is 10.8. The monoisotopic (exact) mass is 418 g/mol. The van der Waals surface area contributed by atoms with E-state index in [4.69, 9.17) is 19.1 Å². The van der Waals surface area contributed by atoms with Crippen LogP contribution in [0.2, 0.25) is 0 Å². The lowest BCUT2D eigenvalue weighted by atomic mass is 9.84. The minimum atomic E-state index is 0.0454. The van der Waals surface area contributed by atoms with E-state index in [2.05, 4.69) is 21.9 Å². The maximum atomic E-state index is 12.8. The summed E-state index contributed by atoms with van der Waals surface area (Å²) in [7, 11) is 1.68. The number of carbonyl (C=O) groups excluding carboxylic acids is 1. The molecule has 160 valence electrons. The fraction of sp³-hybridized carbons (Fsp3) is 0.375. The first-order chi connectivity index (χ1) is 15.1. The number of Topliss-reactive ketones (excluding diaryl/α,β-unsaturated/α-hetero) is 1. The standard InChI is InChI=1S/C24H26N4O3/c1-16-23-20(14-17(15-21(23)29)22-4-3-13-31-22)26-24(25-16)28-11-9-27(10-12-28)18-5-7-19(30-2)8-6-18/h3-8,13,17H,9-12,14-15H2,1-2H3/t17-/m0/s1. The zero-order chi connectivity index (χ0) is 21.4. The average molecular weight is 418 g/mol. The van der Waals surface area contributed by atoms with Crippen molar-refractivity contribution in [3.8, 4) is 5.75 Å². The summed E-state index contributed by atoms with van der Waals surface area (Å²) in [5, 5.41) is 0. The fourth-order valence-electron chi connectivity index (χ4n) is 4.58. The number of nitrogens with zero attached hydrogens (tertiary/aromatic N) is 4. The smallest absolute Gasteiger partial charge is 0.225 e. The van der Waals surface area contributed by atoms with E-state index in [-0.39, 0.29) is 11.7 Å². The molecule has 0 bridgehead atoms. The Hall–Kier alpha value is -3.35. The molecule has 1 fully saturated rings. The Morgan fingerprint density at radius 1 is 1.00 bits per heavy atom. The molecule has 7 nitrogen and oxygen atoms in total. The van der Waals surface area contributed by atoms with Gasteiger partial charge in [0.1, 0.15) is 11.5 Å². The maximum absolute atomic E-state index is 12.8. The summed E-state index contributed by atoms with van der Waals surface area (Å²) in [5.74, 6) is 2.59. The number of aromatic nitrogens is 2. The van der Waals surface area contributed by atoms with E-state index in [0.717, 1.165) is 55.0 Å². The van der Waals surface area contributed by atoms with E-state index >= 15 is 0 Å². The Balaban J connectivity index is 1.33. The van der Waals surface area contributed by atoms with E-state index in [1.165, 1.54) is 5.69 Å². The number of piperazine rings is 1. The largest absolute Gasteiger partial charge is 0.497 e. The Bertz CT molecular complexity index is 1070. The van der Waals surface area contributed by atoms with Gasteiger partial charge >= 0.3 is 0 Å². The molecule has 1 aliphatic carbocycles. The van der Waals surface area contributed by atoms with Crippen molar-refractivity contribution in [1.82, 2.24) is 9.97 Å². The predicted octanol–water partition coefficient (Wildman–Crippen LogP) is 3.63. The lowest BCUT2D eigenvalue weighted by Crippen LogP contribution is -2.47. The molecule has 31 heavy (non-hydrogen) atoms. The van der Waals surface area contributed by atoms with Crippen LogP contribution in [0.4, 0.5) is 11.6 Å². The SMILES string of the molecule is COc1ccc(N2CCN(c3nc(C)c4c(n3)C[C@H](c3ccco3)CC4=O)CC2)cc1. The number of aryl methyl sites for hydroxylation is 1. The molecule has 1 atom stereocenters. The lowest BCUT2D eigenvalue weighted by molar-refractivity contribution is 0.0958. The highest BCUT2D eigenvalue weighted by Crippen LogP contribution is 2.34. The van der Waals surface area contributed by atoms with Crippen LogP contribution in [0, 0.1) is 6.92 Å². The maximum Gasteiger partial charge on any atom is 0.225 e. The Morgan fingerprint density at radius 3 is 2.42 bits per heavy atom. The summed E-state index contributed by atoms with van der Waals surface area (Å²) in [6.45, 7) is 5.36. The van der Waals surface area contributed by atoms with Gasteiger partial charge in [0.15, 0.2) is 5.78 Å². The minimum absolute atomic E-state index is 0.0454. The molecule has 0 radical (unpaired) electrons. The fourth-order valence-corrected chi connectivity index (χ4v) is 4.58. The topological polar surface area (TPSA) is 71.7 Å². The van der Waals surface area contributed by atoms with Crippen molar-refractivity contribution in [1.29, 1.82) is 0 Å². The van der Waals surface area contributed by atoms with Crippen LogP contribution < -0.4 is 14.5 Å². The van der Waals surface area contributed by atoms with E-state index in [1.54, 1.807) is 13.4 Å². The third kappa shape index (κ3) is 3.76. The van der Waals surface area contributed by atoms with Gasteiger partial charge in [-0.2, -0.15) is 0 Å². The summed E-state index contributed by atoms with van der Waals surface area (Å²) in [4.78, 5) is 26.9. The minimum Gasteiger partial charge on any atom is -0.497 e. The van der Waals surface area contributed by atoms with Gasteiger partial charge in [-0.3, -0.25) is 4.79 Å². The van der Waals surface area contributed by atoms with Gasteiger partial charge in [-0.05, 0) is 43.3 Å². The van der Waals surface area contributed by atoms with E-state index < -0.39 is 0 Å². The van der Waals surface area contributed by atoms with Crippen LogP contribution in [0.3, 0.4) is 0 Å². The normalized spacial score (nSPS) is 18.8. The number of ketones is 1. The van der Waals surface area contributed by atoms with Crippen LogP contribution in [0.15, 0.2) is 47.1 Å². The van der Waals surface area contributed by atoms with Gasteiger partial charge in [0.05, 0.1) is 30.3 Å². The van der Waals surface area contributed by atoms with Crippen LogP contribution in [0.1, 0.15) is 39.8 Å². The summed E-state index contributed by atoms with van der Waals surface area (Å²) >= 11 is 0. The highest BCUT2D eigenvalue weighted by molar-refractivity contribution is 5.99. The van der Waals surface area contributed by atoms with E-state index in [1.807, 2.05) is 31.2 Å². The number of ether oxygens (including phenoxy) is 1. The van der Waals surface area contributed by atoms with Crippen LogP contribution in [-0.4, -0.2) is 49.0 Å². The predicted molar refractivity (Wildman–Crippen MR) is 118 cm³/mol. The van der Waals surface area contributed by atoms with Crippen molar-refractivity contribution in [2.24, 2.45) is 0 Å². The van der Waals surface area contributed by atoms with Gasteiger partial charge in [0.25, 0.3) is 0 Å². The number of rotatable bonds is 4. The highest BCUT2D eigenvalue weighted by Gasteiger charge is 2.32. The van der Waals surface area contributed by atoms with Crippen molar-refractivity contribution < 1.29 is 13.9 Å². The van der Waals surface area contributed by atoms with Crippen LogP contribution in [0.5, 0.6) is 5.75 Å². The first-order valence-corrected chi connectivity index (χ1v) is 10.7. The molecule has 3 aromatic rings. The number of furan rings is 1. The molecule has 7 heteroatoms. The number of benzene rings is 1. The third-order valence-electron chi connectivity index (χ3n) is 6.25. The number of hydrogen-bond acceptors (Lipinski definition) is 7. The second-order valence-electron chi connectivity index (χ2n) is 8.15. The van der Waals surface area contributed by atoms with Gasteiger partial charge < -0.3 is 19.0 Å². The Labute approximate surface area is 181 Å². The zero-order valence-corrected chi connectivity index (χ0v) is 17.9. The van der Waals surface area contributed by atoms with Crippen LogP contribution in [-0.2, 0) is 6.42 Å². The second-order valence-corrected chi connectivity index (χ2v) is 8.15. The number of hydrogen-bond donors (Lipinski definition) is 0. The van der Waals surface area contributed by atoms with E-state index in [0.29, 0.717) is 18.4 Å². The molecule has 1 saturated heterocycles. The summed E-state index contributed by atoms with van der Waals surface area (Å²) in [5.41, 5.74) is 3.51. The van der Waals surface area contributed by atoms with Crippen molar-refractivity contribution in [2.45, 2.75) is 25.7 Å². The van der Waals surface area contributed by atoms with Gasteiger partial charge in [-0.25, -0.2) is 9.97 Å². The molecule has 2 aromatic heterocycles. The number of anilines is 2. The van der Waals surface area contributed by atoms with Crippen molar-refractivity contribution >= 4 is 17.4 Å². The van der Waals surface area contributed by atoms with Crippen LogP contribution in [0.25, 0.3) is 0 Å². The molecule has 3 heterocycles. The van der Waals surface area contributed by atoms with Crippen LogP contribution >= 0.6 is 0 Å². The molecule has 0 unspecified atom stereocenters. The quantitative estimate of drug-likeness (QED) is 0.641. The second kappa shape index (κ2) is 8.06. The van der Waals surface area contributed by atoms with E-state index in [9.17, 15) is 4.79 Å². The van der Waals surface area contributed by atoms with Crippen molar-refractivity contribution in [3.63, 3.8) is 0 Å². The lowest BCUT2D eigenvalue weighted by Gasteiger charge is -2.36. The molecular formula is C24H26N4O3. The average Bonchev–Trinajstić information content (AvgIpc) is 3.34. The first-order valence-electron chi connectivity index (χ1n) is 10.7. The third-order valence-corrected chi connectivity index (χ3v) is 6.25. The Morgan fingerprint density at radius 2 is 1.74 bits per heavy atom. The number of carbonyl (C=O) groups is 1. The molecule has 1 aromatic carbocycles. The van der Waals surface area contributed by atoms with Gasteiger partial charge in [-0.15, -0.1) is 0 Å². The number of methoxy groups -OCH3 is 1. The first kappa shape index (κ1) is 19.6. The molecule has 5 rings (SSSR count). The molecule has 0 saturated carbocycles. The molecule has 0 amide bonds. The highest BCUT2D eigenvalue weighted by atomic mass is 16.5. The molecule has 2 aliphatic rings. The molecule has 0 spiro atoms. The Kier molecular flexibility index (Phi) is 5.10. The van der Waals surface area contributed by atoms with Gasteiger partial charge in [0.2, 0.25) is 5.95 Å². The summed E-state index contributed by atoms with van der Waals surface area (Å²) in [6.07, 6.45) is 2.82. The van der Waals surface area contributed by atoms with Gasteiger partial charge in [-0.1, -0.05) is 0 Å². The van der Waals surface area contributed by atoms with Gasteiger partial charge in [0, 0.05) is 50.6 Å². The molecular weight excluding hydrogens is 392 g/mol. The molecule has 1 aliphatic heterocycles. The molecule has 0 N–H and O–H groups in total. The number of fused-ring (bicyclic) bond motifs is 1. The van der Waals surface area contributed by atoms with Crippen molar-refractivity contribution in [3.05, 3.63) is 65.4 Å². The van der Waals surface area contributed by atoms with Crippen molar-refractivity contribution in [2.75, 3.05) is 43.1 Å². The summed E-state index contributed by atoms with van der Waals surface area (Å²) in [6, 6.07) is 12.0. The zero-order valence-electron chi connectivity index (χ0n) is 17.9.